The van der Waals surface area contributed by atoms with E-state index in [0.717, 1.165) is 24.9 Å². The van der Waals surface area contributed by atoms with Crippen LogP contribution in [0.5, 0.6) is 5.75 Å². The molecule has 1 N–H and O–H groups in total. The molecule has 126 valence electrons. The van der Waals surface area contributed by atoms with Crippen LogP contribution in [0.1, 0.15) is 31.2 Å². The standard InChI is InChI=1S/C17H22ClNO4/c1-23-14-6-5-13(15(18)10-14)9-16(20)19-8-2-3-12(11-19)4-7-17(21)22/h5-6,10,12H,2-4,7-9,11H2,1H3,(H,21,22). The summed E-state index contributed by atoms with van der Waals surface area (Å²) in [6, 6.07) is 5.31. The Labute approximate surface area is 141 Å². The van der Waals surface area contributed by atoms with Gasteiger partial charge in [-0.2, -0.15) is 0 Å². The number of amides is 1. The number of nitrogens with zero attached hydrogens (tertiary/aromatic N) is 1. The molecular formula is C17H22ClNO4. The molecule has 1 fully saturated rings. The Balaban J connectivity index is 1.93. The Hall–Kier alpha value is -1.75. The van der Waals surface area contributed by atoms with E-state index in [0.29, 0.717) is 23.7 Å². The first-order valence-corrected chi connectivity index (χ1v) is 8.19. The number of ether oxygens (including phenoxy) is 1. The average molecular weight is 340 g/mol. The topological polar surface area (TPSA) is 66.8 Å². The van der Waals surface area contributed by atoms with Crippen molar-refractivity contribution in [2.24, 2.45) is 5.92 Å². The number of benzene rings is 1. The van der Waals surface area contributed by atoms with Crippen molar-refractivity contribution in [3.63, 3.8) is 0 Å². The van der Waals surface area contributed by atoms with E-state index >= 15 is 0 Å². The Bertz CT molecular complexity index is 576. The second kappa shape index (κ2) is 8.20. The first kappa shape index (κ1) is 17.6. The fourth-order valence-electron chi connectivity index (χ4n) is 2.93. The SMILES string of the molecule is COc1ccc(CC(=O)N2CCCC(CCC(=O)O)C2)c(Cl)c1. The number of carboxylic acids is 1. The van der Waals surface area contributed by atoms with E-state index in [-0.39, 0.29) is 24.7 Å². The Kier molecular flexibility index (Phi) is 6.28. The lowest BCUT2D eigenvalue weighted by Crippen LogP contribution is -2.40. The van der Waals surface area contributed by atoms with E-state index in [1.165, 1.54) is 0 Å². The number of methoxy groups -OCH3 is 1. The van der Waals surface area contributed by atoms with E-state index in [2.05, 4.69) is 0 Å². The molecule has 2 rings (SSSR count). The predicted octanol–water partition coefficient (Wildman–Crippen LogP) is 2.99. The first-order valence-electron chi connectivity index (χ1n) is 7.81. The Morgan fingerprint density at radius 3 is 2.87 bits per heavy atom. The highest BCUT2D eigenvalue weighted by Gasteiger charge is 2.24. The Morgan fingerprint density at radius 1 is 1.43 bits per heavy atom. The minimum atomic E-state index is -0.779. The van der Waals surface area contributed by atoms with Crippen molar-refractivity contribution in [2.45, 2.75) is 32.1 Å². The quantitative estimate of drug-likeness (QED) is 0.865. The van der Waals surface area contributed by atoms with Gasteiger partial charge in [-0.3, -0.25) is 9.59 Å². The van der Waals surface area contributed by atoms with Crippen molar-refractivity contribution in [3.05, 3.63) is 28.8 Å². The summed E-state index contributed by atoms with van der Waals surface area (Å²) in [5, 5.41) is 9.31. The molecule has 0 bridgehead atoms. The molecular weight excluding hydrogens is 318 g/mol. The highest BCUT2D eigenvalue weighted by molar-refractivity contribution is 6.31. The molecule has 0 radical (unpaired) electrons. The summed E-state index contributed by atoms with van der Waals surface area (Å²) < 4.78 is 5.10. The summed E-state index contributed by atoms with van der Waals surface area (Å²) in [7, 11) is 1.57. The minimum absolute atomic E-state index is 0.0390. The number of piperidine rings is 1. The molecule has 0 aliphatic carbocycles. The van der Waals surface area contributed by atoms with Gasteiger partial charge in [-0.05, 0) is 42.9 Å². The van der Waals surface area contributed by atoms with Gasteiger partial charge in [-0.1, -0.05) is 17.7 Å². The summed E-state index contributed by atoms with van der Waals surface area (Å²) in [6.45, 7) is 1.37. The molecule has 0 aromatic heterocycles. The lowest BCUT2D eigenvalue weighted by atomic mass is 9.93. The third-order valence-electron chi connectivity index (χ3n) is 4.24. The van der Waals surface area contributed by atoms with Crippen LogP contribution in [0.4, 0.5) is 0 Å². The predicted molar refractivity (Wildman–Crippen MR) is 87.9 cm³/mol. The van der Waals surface area contributed by atoms with E-state index in [4.69, 9.17) is 21.4 Å². The van der Waals surface area contributed by atoms with Gasteiger partial charge in [0.1, 0.15) is 5.75 Å². The van der Waals surface area contributed by atoms with Crippen LogP contribution in [-0.4, -0.2) is 42.1 Å². The zero-order valence-corrected chi connectivity index (χ0v) is 14.0. The number of halogens is 1. The summed E-state index contributed by atoms with van der Waals surface area (Å²) in [4.78, 5) is 25.0. The van der Waals surface area contributed by atoms with Gasteiger partial charge in [-0.25, -0.2) is 0 Å². The highest BCUT2D eigenvalue weighted by Crippen LogP contribution is 2.25. The monoisotopic (exact) mass is 339 g/mol. The molecule has 1 aromatic rings. The van der Waals surface area contributed by atoms with Gasteiger partial charge >= 0.3 is 5.97 Å². The van der Waals surface area contributed by atoms with E-state index < -0.39 is 5.97 Å². The normalized spacial score (nSPS) is 17.8. The second-order valence-corrected chi connectivity index (χ2v) is 6.32. The molecule has 5 nitrogen and oxygen atoms in total. The molecule has 0 spiro atoms. The molecule has 1 aromatic carbocycles. The number of hydrogen-bond donors (Lipinski definition) is 1. The van der Waals surface area contributed by atoms with Crippen molar-refractivity contribution in [1.82, 2.24) is 4.90 Å². The number of carbonyl (C=O) groups is 2. The van der Waals surface area contributed by atoms with Gasteiger partial charge < -0.3 is 14.7 Å². The van der Waals surface area contributed by atoms with Crippen molar-refractivity contribution >= 4 is 23.5 Å². The fraction of sp³-hybridized carbons (Fsp3) is 0.529. The number of rotatable bonds is 6. The van der Waals surface area contributed by atoms with Crippen molar-refractivity contribution in [2.75, 3.05) is 20.2 Å². The van der Waals surface area contributed by atoms with Crippen LogP contribution in [0.25, 0.3) is 0 Å². The molecule has 1 unspecified atom stereocenters. The third-order valence-corrected chi connectivity index (χ3v) is 4.59. The van der Waals surface area contributed by atoms with Crippen molar-refractivity contribution < 1.29 is 19.4 Å². The van der Waals surface area contributed by atoms with Crippen molar-refractivity contribution in [3.8, 4) is 5.75 Å². The number of aliphatic carboxylic acids is 1. The second-order valence-electron chi connectivity index (χ2n) is 5.91. The summed E-state index contributed by atoms with van der Waals surface area (Å²) >= 11 is 6.19. The van der Waals surface area contributed by atoms with Crippen LogP contribution in [-0.2, 0) is 16.0 Å². The molecule has 0 saturated carbocycles. The van der Waals surface area contributed by atoms with Gasteiger partial charge in [0.2, 0.25) is 5.91 Å². The van der Waals surface area contributed by atoms with Crippen LogP contribution in [0.15, 0.2) is 18.2 Å². The van der Waals surface area contributed by atoms with Gasteiger partial charge in [0, 0.05) is 24.5 Å². The van der Waals surface area contributed by atoms with E-state index in [1.54, 1.807) is 19.2 Å². The Morgan fingerprint density at radius 2 is 2.22 bits per heavy atom. The number of hydrogen-bond acceptors (Lipinski definition) is 3. The summed E-state index contributed by atoms with van der Waals surface area (Å²) in [5.41, 5.74) is 0.783. The largest absolute Gasteiger partial charge is 0.497 e. The van der Waals surface area contributed by atoms with Gasteiger partial charge in [0.25, 0.3) is 0 Å². The number of carbonyl (C=O) groups excluding carboxylic acids is 1. The molecule has 1 amide bonds. The highest BCUT2D eigenvalue weighted by atomic mass is 35.5. The van der Waals surface area contributed by atoms with E-state index in [9.17, 15) is 9.59 Å². The zero-order valence-electron chi connectivity index (χ0n) is 13.3. The zero-order chi connectivity index (χ0) is 16.8. The molecule has 1 aliphatic heterocycles. The van der Waals surface area contributed by atoms with Crippen LogP contribution in [0.2, 0.25) is 5.02 Å². The molecule has 23 heavy (non-hydrogen) atoms. The molecule has 1 aliphatic rings. The van der Waals surface area contributed by atoms with Crippen LogP contribution in [0.3, 0.4) is 0 Å². The number of carboxylic acid groups (broad SMARTS) is 1. The maximum atomic E-state index is 12.5. The molecule has 1 atom stereocenters. The van der Waals surface area contributed by atoms with Gasteiger partial charge in [0.15, 0.2) is 0 Å². The van der Waals surface area contributed by atoms with Crippen LogP contribution >= 0.6 is 11.6 Å². The summed E-state index contributed by atoms with van der Waals surface area (Å²) in [6.07, 6.45) is 2.96. The third kappa shape index (κ3) is 5.13. The number of likely N-dealkylation sites (tertiary alicyclic amines) is 1. The minimum Gasteiger partial charge on any atom is -0.497 e. The average Bonchev–Trinajstić information content (AvgIpc) is 2.55. The lowest BCUT2D eigenvalue weighted by molar-refractivity contribution is -0.137. The molecule has 1 heterocycles. The van der Waals surface area contributed by atoms with Gasteiger partial charge in [0.05, 0.1) is 13.5 Å². The smallest absolute Gasteiger partial charge is 0.303 e. The van der Waals surface area contributed by atoms with E-state index in [1.807, 2.05) is 11.0 Å². The van der Waals surface area contributed by atoms with Crippen LogP contribution in [0, 0.1) is 5.92 Å². The van der Waals surface area contributed by atoms with Gasteiger partial charge in [-0.15, -0.1) is 0 Å². The maximum absolute atomic E-state index is 12.5. The first-order chi connectivity index (χ1) is 11.0. The fourth-order valence-corrected chi connectivity index (χ4v) is 3.17. The van der Waals surface area contributed by atoms with Crippen molar-refractivity contribution in [1.29, 1.82) is 0 Å². The summed E-state index contributed by atoms with van der Waals surface area (Å²) in [5.74, 6) is 0.198. The molecule has 6 heteroatoms. The molecule has 1 saturated heterocycles. The van der Waals surface area contributed by atoms with Crippen LogP contribution < -0.4 is 4.74 Å². The lowest BCUT2D eigenvalue weighted by Gasteiger charge is -2.32. The maximum Gasteiger partial charge on any atom is 0.303 e.